The summed E-state index contributed by atoms with van der Waals surface area (Å²) in [7, 11) is 0. The number of benzene rings is 1. The van der Waals surface area contributed by atoms with Gasteiger partial charge in [-0.05, 0) is 36.5 Å². The first-order valence-electron chi connectivity index (χ1n) is 8.19. The zero-order valence-electron chi connectivity index (χ0n) is 15.0. The summed E-state index contributed by atoms with van der Waals surface area (Å²) >= 11 is 0. The van der Waals surface area contributed by atoms with E-state index in [0.717, 1.165) is 11.1 Å². The van der Waals surface area contributed by atoms with Gasteiger partial charge in [0.15, 0.2) is 0 Å². The van der Waals surface area contributed by atoms with Crippen LogP contribution in [0.2, 0.25) is 0 Å². The molecule has 26 heavy (non-hydrogen) atoms. The molecule has 0 amide bonds. The van der Waals surface area contributed by atoms with Gasteiger partial charge in [-0.15, -0.1) is 5.48 Å². The summed E-state index contributed by atoms with van der Waals surface area (Å²) in [5, 5.41) is 0. The Morgan fingerprint density at radius 2 is 1.38 bits per heavy atom. The number of hydroxylamine groups is 2. The van der Waals surface area contributed by atoms with Crippen LogP contribution in [-0.2, 0) is 32.4 Å². The van der Waals surface area contributed by atoms with Crippen molar-refractivity contribution < 1.29 is 19.3 Å². The molecule has 1 aromatic carbocycles. The van der Waals surface area contributed by atoms with E-state index in [-0.39, 0.29) is 0 Å². The highest BCUT2D eigenvalue weighted by Crippen LogP contribution is 2.04. The highest BCUT2D eigenvalue weighted by Gasteiger charge is 2.11. The average molecular weight is 356 g/mol. The lowest BCUT2D eigenvalue weighted by Crippen LogP contribution is -2.19. The molecule has 0 saturated carbocycles. The van der Waals surface area contributed by atoms with E-state index >= 15 is 0 Å². The molecule has 1 radical (unpaired) electrons. The molecule has 0 aliphatic heterocycles. The van der Waals surface area contributed by atoms with Crippen LogP contribution in [-0.4, -0.2) is 11.9 Å². The molecule has 1 rings (SSSR count). The summed E-state index contributed by atoms with van der Waals surface area (Å²) in [5.41, 5.74) is 7.11. The monoisotopic (exact) mass is 356 g/mol. The van der Waals surface area contributed by atoms with Gasteiger partial charge in [-0.3, -0.25) is 0 Å². The van der Waals surface area contributed by atoms with Gasteiger partial charge in [0.1, 0.15) is 0 Å². The fraction of sp³-hybridized carbons (Fsp3) is 0.200. The molecule has 137 valence electrons. The van der Waals surface area contributed by atoms with Gasteiger partial charge in [0.2, 0.25) is 0 Å². The van der Waals surface area contributed by atoms with Gasteiger partial charge in [0, 0.05) is 6.08 Å². The number of allylic oxidation sites excluding steroid dienone is 6. The van der Waals surface area contributed by atoms with Gasteiger partial charge < -0.3 is 4.84 Å². The molecule has 0 spiro atoms. The Kier molecular flexibility index (Phi) is 10.8. The molecule has 6 heteroatoms. The summed E-state index contributed by atoms with van der Waals surface area (Å²) in [6, 6.07) is 7.56. The Morgan fingerprint density at radius 3 is 1.92 bits per heavy atom. The van der Waals surface area contributed by atoms with Gasteiger partial charge in [-0.25, -0.2) is 4.79 Å². The third-order valence-electron chi connectivity index (χ3n) is 2.99. The predicted octanol–water partition coefficient (Wildman–Crippen LogP) is 3.05. The second-order valence-corrected chi connectivity index (χ2v) is 5.07. The number of nitrogens with one attached hydrogen (secondary N) is 2. The van der Waals surface area contributed by atoms with Gasteiger partial charge >= 0.3 is 11.9 Å². The van der Waals surface area contributed by atoms with Gasteiger partial charge in [-0.1, -0.05) is 54.6 Å². The minimum absolute atomic E-state index is 0.391. The smallest absolute Gasteiger partial charge is 0.367 e. The molecule has 0 aliphatic carbocycles. The van der Waals surface area contributed by atoms with Crippen LogP contribution < -0.4 is 11.0 Å². The lowest BCUT2D eigenvalue weighted by molar-refractivity contribution is -0.146. The van der Waals surface area contributed by atoms with Crippen LogP contribution >= 0.6 is 0 Å². The lowest BCUT2D eigenvalue weighted by Gasteiger charge is -2.05. The molecule has 0 aromatic heterocycles. The number of hydrogen-bond donors (Lipinski definition) is 2. The fourth-order valence-electron chi connectivity index (χ4n) is 1.71. The largest absolute Gasteiger partial charge is 0.623 e. The first-order valence-corrected chi connectivity index (χ1v) is 8.19. The first-order chi connectivity index (χ1) is 12.7. The molecule has 0 bridgehead atoms. The molecule has 2 N–H and O–H groups in total. The molecule has 0 saturated heterocycles. The maximum atomic E-state index is 11.4. The predicted molar refractivity (Wildman–Crippen MR) is 100 cm³/mol. The van der Waals surface area contributed by atoms with E-state index in [1.54, 1.807) is 24.3 Å². The van der Waals surface area contributed by atoms with Crippen LogP contribution in [0.1, 0.15) is 25.0 Å². The van der Waals surface area contributed by atoms with Crippen molar-refractivity contribution in [3.8, 4) is 0 Å². The molecule has 0 heterocycles. The van der Waals surface area contributed by atoms with E-state index in [1.165, 1.54) is 12.2 Å². The number of hydrogen-bond acceptors (Lipinski definition) is 6. The highest BCUT2D eigenvalue weighted by atomic mass is 16.7. The zero-order chi connectivity index (χ0) is 19.0. The highest BCUT2D eigenvalue weighted by molar-refractivity contribution is 5.82. The van der Waals surface area contributed by atoms with Crippen molar-refractivity contribution in [2.75, 3.05) is 0 Å². The summed E-state index contributed by atoms with van der Waals surface area (Å²) < 4.78 is 0. The van der Waals surface area contributed by atoms with E-state index in [0.29, 0.717) is 13.1 Å². The van der Waals surface area contributed by atoms with Gasteiger partial charge in [-0.2, -0.15) is 4.84 Å². The maximum absolute atomic E-state index is 11.4. The van der Waals surface area contributed by atoms with Crippen LogP contribution in [0.3, 0.4) is 0 Å². The second kappa shape index (κ2) is 13.3. The number of carbonyl (C=O) groups is 2. The fourth-order valence-corrected chi connectivity index (χ4v) is 1.71. The van der Waals surface area contributed by atoms with Crippen molar-refractivity contribution in [3.05, 3.63) is 84.0 Å². The van der Waals surface area contributed by atoms with E-state index < -0.39 is 11.9 Å². The number of carbonyl (C=O) groups excluding carboxylic acids is 2. The van der Waals surface area contributed by atoms with E-state index in [1.807, 2.05) is 50.3 Å². The number of rotatable bonds is 10. The summed E-state index contributed by atoms with van der Waals surface area (Å²) in [6.07, 6.45) is 13.0. The standard InChI is InChI=1S/C20H24N2O4/c1-3-5-7-9-19(23)25-21-15-17-11-13-18(14-12-17)16-22-26-20(24)10-8-6-4-2/h3-14,21-22H,15-16H2,1-2H3/q+1/b5-3-,6-4-,9-7-,10-8-. The minimum atomic E-state index is -0.464. The van der Waals surface area contributed by atoms with Crippen LogP contribution in [0.15, 0.2) is 72.9 Å². The summed E-state index contributed by atoms with van der Waals surface area (Å²) in [4.78, 5) is 32.4. The van der Waals surface area contributed by atoms with Crippen LogP contribution in [0.25, 0.3) is 0 Å². The molecule has 0 aliphatic rings. The first kappa shape index (κ1) is 21.1. The molecule has 0 fully saturated rings. The van der Waals surface area contributed by atoms with Gasteiger partial charge in [0.25, 0.3) is 0 Å². The van der Waals surface area contributed by atoms with Crippen molar-refractivity contribution >= 4 is 11.9 Å². The van der Waals surface area contributed by atoms with Crippen LogP contribution in [0.4, 0.5) is 0 Å². The molecular formula is C20H24N2O4+. The third-order valence-corrected chi connectivity index (χ3v) is 2.99. The molecule has 0 unspecified atom stereocenters. The lowest BCUT2D eigenvalue weighted by atomic mass is 10.1. The Labute approximate surface area is 153 Å². The van der Waals surface area contributed by atoms with E-state index in [2.05, 4.69) is 11.0 Å². The Bertz CT molecular complexity index is 615. The normalized spacial score (nSPS) is 11.8. The minimum Gasteiger partial charge on any atom is -0.367 e. The topological polar surface area (TPSA) is 79.5 Å². The average Bonchev–Trinajstić information content (AvgIpc) is 2.63. The van der Waals surface area contributed by atoms with E-state index in [9.17, 15) is 9.59 Å². The Hall–Kier alpha value is -2.96. The van der Waals surface area contributed by atoms with Gasteiger partial charge in [0.05, 0.1) is 24.0 Å². The molecule has 6 nitrogen and oxygen atoms in total. The summed E-state index contributed by atoms with van der Waals surface area (Å²) in [6.45, 7) is 4.50. The van der Waals surface area contributed by atoms with Crippen molar-refractivity contribution in [1.29, 1.82) is 0 Å². The molecule has 0 atom stereocenters. The zero-order valence-corrected chi connectivity index (χ0v) is 15.0. The van der Waals surface area contributed by atoms with Crippen LogP contribution in [0, 0.1) is 0 Å². The molecule has 1 aromatic rings. The van der Waals surface area contributed by atoms with Crippen LogP contribution in [0.5, 0.6) is 0 Å². The van der Waals surface area contributed by atoms with Crippen molar-refractivity contribution in [2.45, 2.75) is 26.9 Å². The van der Waals surface area contributed by atoms with Crippen molar-refractivity contribution in [2.24, 2.45) is 0 Å². The summed E-state index contributed by atoms with van der Waals surface area (Å²) in [5.74, 6) is -0.927. The maximum Gasteiger partial charge on any atom is 0.623 e. The SMILES string of the molecule is C/C=C\C=C/C(=O)ONCc1ccc(CNOC(=[O+])/C=C\C=C/C)cc1. The van der Waals surface area contributed by atoms with E-state index in [4.69, 9.17) is 9.68 Å². The molecular weight excluding hydrogens is 332 g/mol. The second-order valence-electron chi connectivity index (χ2n) is 5.07. The van der Waals surface area contributed by atoms with Crippen molar-refractivity contribution in [3.63, 3.8) is 0 Å². The Balaban J connectivity index is 2.28. The quantitative estimate of drug-likeness (QED) is 0.290. The Morgan fingerprint density at radius 1 is 0.885 bits per heavy atom. The van der Waals surface area contributed by atoms with Crippen molar-refractivity contribution in [1.82, 2.24) is 11.0 Å². The third kappa shape index (κ3) is 10.0.